The van der Waals surface area contributed by atoms with Gasteiger partial charge in [0.2, 0.25) is 0 Å². The van der Waals surface area contributed by atoms with Gasteiger partial charge in [-0.15, -0.1) is 0 Å². The van der Waals surface area contributed by atoms with Crippen LogP contribution in [0, 0.1) is 0 Å². The molecule has 2 aromatic carbocycles. The highest BCUT2D eigenvalue weighted by Crippen LogP contribution is 2.37. The third kappa shape index (κ3) is 4.72. The van der Waals surface area contributed by atoms with Gasteiger partial charge < -0.3 is 4.74 Å². The smallest absolute Gasteiger partial charge is 0.266 e. The molecule has 0 unspecified atom stereocenters. The number of halogens is 1. The number of benzene rings is 2. The topological polar surface area (TPSA) is 29.5 Å². The summed E-state index contributed by atoms with van der Waals surface area (Å²) in [5, 5.41) is 0.690. The lowest BCUT2D eigenvalue weighted by molar-refractivity contribution is -0.125. The van der Waals surface area contributed by atoms with Gasteiger partial charge in [0.1, 0.15) is 16.7 Å². The quantitative estimate of drug-likeness (QED) is 0.456. The number of carbonyl (C=O) groups is 1. The maximum absolute atomic E-state index is 12.6. The van der Waals surface area contributed by atoms with Crippen molar-refractivity contribution in [1.82, 2.24) is 4.90 Å². The second-order valence-electron chi connectivity index (χ2n) is 7.14. The van der Waals surface area contributed by atoms with Crippen molar-refractivity contribution in [3.05, 3.63) is 69.6 Å². The monoisotopic (exact) mass is 417 g/mol. The summed E-state index contributed by atoms with van der Waals surface area (Å²) in [4.78, 5) is 14.9. The van der Waals surface area contributed by atoms with E-state index < -0.39 is 0 Å². The SMILES string of the molecule is CC(C)(C)N1C(=O)C(=Cc2ccc(OCc3ccccc3Cl)cc2)SC1=S. The van der Waals surface area contributed by atoms with Gasteiger partial charge in [-0.05, 0) is 50.6 Å². The van der Waals surface area contributed by atoms with Crippen LogP contribution in [0.15, 0.2) is 53.4 Å². The fraction of sp³-hybridized carbons (Fsp3) is 0.238. The summed E-state index contributed by atoms with van der Waals surface area (Å²) in [6.45, 7) is 6.34. The maximum Gasteiger partial charge on any atom is 0.266 e. The highest BCUT2D eigenvalue weighted by atomic mass is 35.5. The van der Waals surface area contributed by atoms with Gasteiger partial charge in [0.05, 0.1) is 4.91 Å². The third-order valence-corrected chi connectivity index (χ3v) is 5.67. The number of nitrogens with zero attached hydrogens (tertiary/aromatic N) is 1. The van der Waals surface area contributed by atoms with Crippen LogP contribution in [0.2, 0.25) is 5.02 Å². The molecule has 0 saturated carbocycles. The van der Waals surface area contributed by atoms with Crippen molar-refractivity contribution in [2.75, 3.05) is 0 Å². The van der Waals surface area contributed by atoms with Gasteiger partial charge in [0.25, 0.3) is 5.91 Å². The van der Waals surface area contributed by atoms with Crippen LogP contribution >= 0.6 is 35.6 Å². The van der Waals surface area contributed by atoms with Crippen LogP contribution < -0.4 is 4.74 Å². The number of rotatable bonds is 4. The lowest BCUT2D eigenvalue weighted by Gasteiger charge is -2.30. The van der Waals surface area contributed by atoms with Gasteiger partial charge in [-0.2, -0.15) is 0 Å². The number of thiocarbonyl (C=S) groups is 1. The minimum atomic E-state index is -0.326. The lowest BCUT2D eigenvalue weighted by Crippen LogP contribution is -2.44. The van der Waals surface area contributed by atoms with E-state index in [2.05, 4.69) is 0 Å². The highest BCUT2D eigenvalue weighted by Gasteiger charge is 2.38. The molecular formula is C21H20ClNO2S2. The van der Waals surface area contributed by atoms with E-state index in [1.165, 1.54) is 11.8 Å². The van der Waals surface area contributed by atoms with Crippen LogP contribution in [0.4, 0.5) is 0 Å². The van der Waals surface area contributed by atoms with E-state index in [1.807, 2.05) is 75.4 Å². The molecule has 0 aliphatic carbocycles. The van der Waals surface area contributed by atoms with Gasteiger partial charge in [-0.1, -0.05) is 65.9 Å². The Labute approximate surface area is 174 Å². The molecule has 0 radical (unpaired) electrons. The molecule has 1 saturated heterocycles. The van der Waals surface area contributed by atoms with Gasteiger partial charge in [-0.3, -0.25) is 9.69 Å². The van der Waals surface area contributed by atoms with Crippen molar-refractivity contribution >= 4 is 51.9 Å². The molecule has 0 spiro atoms. The normalized spacial score (nSPS) is 16.3. The number of thioether (sulfide) groups is 1. The molecular weight excluding hydrogens is 398 g/mol. The second kappa shape index (κ2) is 8.05. The molecule has 2 aromatic rings. The Morgan fingerprint density at radius 3 is 2.41 bits per heavy atom. The Bertz CT molecular complexity index is 901. The summed E-state index contributed by atoms with van der Waals surface area (Å²) in [6.07, 6.45) is 1.86. The predicted molar refractivity (Wildman–Crippen MR) is 117 cm³/mol. The zero-order chi connectivity index (χ0) is 19.6. The Hall–Kier alpha value is -1.82. The predicted octanol–water partition coefficient (Wildman–Crippen LogP) is 5.92. The van der Waals surface area contributed by atoms with Crippen LogP contribution in [0.5, 0.6) is 5.75 Å². The standard InChI is InChI=1S/C21H20ClNO2S2/c1-21(2,3)23-19(24)18(27-20(23)26)12-14-8-10-16(11-9-14)25-13-15-6-4-5-7-17(15)22/h4-12H,13H2,1-3H3. The molecule has 3 rings (SSSR count). The molecule has 6 heteroatoms. The summed E-state index contributed by atoms with van der Waals surface area (Å²) in [5.74, 6) is 0.700. The fourth-order valence-corrected chi connectivity index (χ4v) is 4.46. The van der Waals surface area contributed by atoms with Crippen LogP contribution in [0.1, 0.15) is 31.9 Å². The number of amides is 1. The van der Waals surface area contributed by atoms with Crippen molar-refractivity contribution in [1.29, 1.82) is 0 Å². The summed E-state index contributed by atoms with van der Waals surface area (Å²) in [5.41, 5.74) is 1.54. The van der Waals surface area contributed by atoms with Crippen LogP contribution in [-0.4, -0.2) is 20.7 Å². The first kappa shape index (κ1) is 19.9. The minimum Gasteiger partial charge on any atom is -0.489 e. The van der Waals surface area contributed by atoms with Crippen molar-refractivity contribution in [2.24, 2.45) is 0 Å². The van der Waals surface area contributed by atoms with Crippen LogP contribution in [-0.2, 0) is 11.4 Å². The molecule has 1 aliphatic rings. The summed E-state index contributed by atoms with van der Waals surface area (Å²) >= 11 is 12.9. The summed E-state index contributed by atoms with van der Waals surface area (Å²) in [7, 11) is 0. The first-order valence-electron chi connectivity index (χ1n) is 8.50. The van der Waals surface area contributed by atoms with Crippen molar-refractivity contribution in [3.63, 3.8) is 0 Å². The summed E-state index contributed by atoms with van der Waals surface area (Å²) in [6, 6.07) is 15.2. The summed E-state index contributed by atoms with van der Waals surface area (Å²) < 4.78 is 6.39. The Morgan fingerprint density at radius 1 is 1.15 bits per heavy atom. The molecule has 1 fully saturated rings. The Morgan fingerprint density at radius 2 is 1.81 bits per heavy atom. The van der Waals surface area contributed by atoms with Gasteiger partial charge >= 0.3 is 0 Å². The molecule has 0 bridgehead atoms. The van der Waals surface area contributed by atoms with E-state index in [4.69, 9.17) is 28.6 Å². The maximum atomic E-state index is 12.6. The number of hydrogen-bond donors (Lipinski definition) is 0. The highest BCUT2D eigenvalue weighted by molar-refractivity contribution is 8.26. The Kier molecular flexibility index (Phi) is 5.94. The van der Waals surface area contributed by atoms with Gasteiger partial charge in [0.15, 0.2) is 0 Å². The third-order valence-electron chi connectivity index (χ3n) is 3.99. The van der Waals surface area contributed by atoms with Crippen LogP contribution in [0.3, 0.4) is 0 Å². The molecule has 0 aromatic heterocycles. The van der Waals surface area contributed by atoms with Crippen molar-refractivity contribution < 1.29 is 9.53 Å². The minimum absolute atomic E-state index is 0.0449. The largest absolute Gasteiger partial charge is 0.489 e. The number of carbonyl (C=O) groups excluding carboxylic acids is 1. The average molecular weight is 418 g/mol. The number of ether oxygens (including phenoxy) is 1. The first-order valence-corrected chi connectivity index (χ1v) is 10.1. The fourth-order valence-electron chi connectivity index (χ4n) is 2.63. The van der Waals surface area contributed by atoms with E-state index in [-0.39, 0.29) is 11.4 Å². The van der Waals surface area contributed by atoms with E-state index >= 15 is 0 Å². The van der Waals surface area contributed by atoms with Gasteiger partial charge in [0, 0.05) is 16.1 Å². The molecule has 0 atom stereocenters. The van der Waals surface area contributed by atoms with Crippen molar-refractivity contribution in [2.45, 2.75) is 32.9 Å². The molecule has 3 nitrogen and oxygen atoms in total. The second-order valence-corrected chi connectivity index (χ2v) is 9.22. The molecule has 140 valence electrons. The first-order chi connectivity index (χ1) is 12.8. The average Bonchev–Trinajstić information content (AvgIpc) is 2.89. The van der Waals surface area contributed by atoms with E-state index in [0.29, 0.717) is 20.9 Å². The molecule has 1 heterocycles. The lowest BCUT2D eigenvalue weighted by atomic mass is 10.1. The van der Waals surface area contributed by atoms with Gasteiger partial charge in [-0.25, -0.2) is 0 Å². The van der Waals surface area contributed by atoms with E-state index in [9.17, 15) is 4.79 Å². The van der Waals surface area contributed by atoms with E-state index in [1.54, 1.807) is 4.90 Å². The van der Waals surface area contributed by atoms with Crippen LogP contribution in [0.25, 0.3) is 6.08 Å². The molecule has 0 N–H and O–H groups in total. The molecule has 1 aliphatic heterocycles. The van der Waals surface area contributed by atoms with Crippen molar-refractivity contribution in [3.8, 4) is 5.75 Å². The number of hydrogen-bond acceptors (Lipinski definition) is 4. The Balaban J connectivity index is 1.69. The molecule has 27 heavy (non-hydrogen) atoms. The van der Waals surface area contributed by atoms with E-state index in [0.717, 1.165) is 16.9 Å². The zero-order valence-electron chi connectivity index (χ0n) is 15.4. The zero-order valence-corrected chi connectivity index (χ0v) is 17.8. The molecule has 1 amide bonds.